The van der Waals surface area contributed by atoms with Gasteiger partial charge in [0.15, 0.2) is 6.29 Å². The molecule has 15 atom stereocenters. The number of Topliss-reactive ketones (excluding diaryl/α,β-unsaturated/α-hetero) is 1. The zero-order valence-corrected chi connectivity index (χ0v) is 25.9. The van der Waals surface area contributed by atoms with Crippen molar-refractivity contribution in [3.63, 3.8) is 0 Å². The van der Waals surface area contributed by atoms with Crippen molar-refractivity contribution in [3.8, 4) is 0 Å². The van der Waals surface area contributed by atoms with Crippen molar-refractivity contribution in [2.24, 2.45) is 35.5 Å². The highest BCUT2D eigenvalue weighted by atomic mass is 16.7. The molecule has 2 heterocycles. The van der Waals surface area contributed by atoms with E-state index in [1.54, 1.807) is 55.4 Å². The van der Waals surface area contributed by atoms with E-state index < -0.39 is 90.2 Å². The summed E-state index contributed by atoms with van der Waals surface area (Å²) < 4.78 is 23.8. The van der Waals surface area contributed by atoms with Crippen LogP contribution in [0.2, 0.25) is 0 Å². The third-order valence-electron chi connectivity index (χ3n) is 9.62. The van der Waals surface area contributed by atoms with Gasteiger partial charge in [-0.3, -0.25) is 9.59 Å². The number of carbonyl (C=O) groups excluding carboxylic acids is 2. The molecule has 2 aliphatic rings. The maximum atomic E-state index is 13.6. The molecule has 2 aliphatic heterocycles. The number of ketones is 1. The second kappa shape index (κ2) is 14.4. The molecule has 2 unspecified atom stereocenters. The minimum Gasteiger partial charge on any atom is -0.461 e. The quantitative estimate of drug-likeness (QED) is 0.360. The maximum Gasteiger partial charge on any atom is 0.311 e. The summed E-state index contributed by atoms with van der Waals surface area (Å²) in [6, 6.07) is 0. The topological polar surface area (TPSA) is 152 Å². The van der Waals surface area contributed by atoms with Gasteiger partial charge in [-0.2, -0.15) is 0 Å². The molecule has 0 bridgehead atoms. The predicted octanol–water partition coefficient (Wildman–Crippen LogP) is 2.47. The summed E-state index contributed by atoms with van der Waals surface area (Å²) in [5, 5.41) is 43.3. The second-order valence-electron chi connectivity index (χ2n) is 12.9. The Labute approximate surface area is 239 Å². The highest BCUT2D eigenvalue weighted by Crippen LogP contribution is 2.36. The van der Waals surface area contributed by atoms with E-state index in [2.05, 4.69) is 0 Å². The van der Waals surface area contributed by atoms with Crippen LogP contribution >= 0.6 is 0 Å². The number of rotatable bonds is 5. The smallest absolute Gasteiger partial charge is 0.311 e. The van der Waals surface area contributed by atoms with Crippen LogP contribution in [0.3, 0.4) is 0 Å². The van der Waals surface area contributed by atoms with Crippen LogP contribution in [0.1, 0.15) is 81.6 Å². The van der Waals surface area contributed by atoms with Crippen molar-refractivity contribution >= 4 is 11.8 Å². The summed E-state index contributed by atoms with van der Waals surface area (Å²) >= 11 is 0. The zero-order valence-electron chi connectivity index (χ0n) is 25.9. The van der Waals surface area contributed by atoms with Gasteiger partial charge in [-0.25, -0.2) is 0 Å². The average molecular weight is 575 g/mol. The second-order valence-corrected chi connectivity index (χ2v) is 12.9. The molecule has 10 heteroatoms. The summed E-state index contributed by atoms with van der Waals surface area (Å²) in [5.41, 5.74) is -0.935. The van der Waals surface area contributed by atoms with Crippen LogP contribution < -0.4 is 0 Å². The van der Waals surface area contributed by atoms with Gasteiger partial charge in [0.25, 0.3) is 0 Å². The molecule has 40 heavy (non-hydrogen) atoms. The van der Waals surface area contributed by atoms with Crippen LogP contribution in [0.15, 0.2) is 0 Å². The maximum absolute atomic E-state index is 13.6. The minimum absolute atomic E-state index is 0.0865. The Balaban J connectivity index is 2.45. The lowest BCUT2D eigenvalue weighted by molar-refractivity contribution is -0.293. The number of hydrogen-bond donors (Lipinski definition) is 4. The molecule has 0 spiro atoms. The Morgan fingerprint density at radius 2 is 1.57 bits per heavy atom. The first-order valence-electron chi connectivity index (χ1n) is 14.8. The van der Waals surface area contributed by atoms with Gasteiger partial charge in [0, 0.05) is 43.6 Å². The fraction of sp³-hybridized carbons (Fsp3) is 0.933. The van der Waals surface area contributed by atoms with Gasteiger partial charge < -0.3 is 39.4 Å². The zero-order chi connectivity index (χ0) is 30.7. The first kappa shape index (κ1) is 35.1. The molecular weight excluding hydrogens is 520 g/mol. The molecule has 0 aromatic carbocycles. The van der Waals surface area contributed by atoms with Crippen LogP contribution in [0.5, 0.6) is 0 Å². The Morgan fingerprint density at radius 3 is 2.12 bits per heavy atom. The predicted molar refractivity (Wildman–Crippen MR) is 148 cm³/mol. The van der Waals surface area contributed by atoms with E-state index >= 15 is 0 Å². The average Bonchev–Trinajstić information content (AvgIpc) is 2.90. The van der Waals surface area contributed by atoms with Crippen molar-refractivity contribution < 1.29 is 49.0 Å². The summed E-state index contributed by atoms with van der Waals surface area (Å²) in [5.74, 6) is -4.16. The summed E-state index contributed by atoms with van der Waals surface area (Å²) in [6.07, 6.45) is -6.15. The van der Waals surface area contributed by atoms with Gasteiger partial charge in [-0.05, 0) is 40.0 Å². The molecule has 4 N–H and O–H groups in total. The van der Waals surface area contributed by atoms with Crippen LogP contribution in [0.4, 0.5) is 0 Å². The monoisotopic (exact) mass is 574 g/mol. The Hall–Kier alpha value is -1.14. The van der Waals surface area contributed by atoms with E-state index in [-0.39, 0.29) is 24.5 Å². The molecule has 0 saturated carbocycles. The van der Waals surface area contributed by atoms with Gasteiger partial charge in [-0.15, -0.1) is 0 Å². The fourth-order valence-electron chi connectivity index (χ4n) is 6.10. The Bertz CT molecular complexity index is 835. The lowest BCUT2D eigenvalue weighted by Gasteiger charge is -2.45. The standard InChI is InChI=1S/C30H54O10/c1-14-11-15(2)25(33)18(5)26(34)19(6)27(16(3)20(7)31)40-29(36)17(4)23(12-22(14)32)39-24-13-30(9,37-10)28(35)21(8)38-24/h14-24,26-28,31-32,34-35H,11-13H2,1-10H3/t14-,15+,16-,17+,18-,19+,20-,21+,22+,23-,24-,26+,27+,28?,30?/m0/s1. The van der Waals surface area contributed by atoms with Crippen molar-refractivity contribution in [2.75, 3.05) is 7.11 Å². The molecule has 2 saturated heterocycles. The molecule has 0 aliphatic carbocycles. The molecule has 10 nitrogen and oxygen atoms in total. The van der Waals surface area contributed by atoms with Gasteiger partial charge in [0.1, 0.15) is 18.0 Å². The molecule has 0 amide bonds. The van der Waals surface area contributed by atoms with Crippen LogP contribution in [-0.2, 0) is 28.5 Å². The number of ether oxygens (including phenoxy) is 4. The number of aliphatic hydroxyl groups is 4. The third-order valence-corrected chi connectivity index (χ3v) is 9.62. The lowest BCUT2D eigenvalue weighted by atomic mass is 9.77. The summed E-state index contributed by atoms with van der Waals surface area (Å²) in [7, 11) is 1.51. The number of aliphatic hydroxyl groups excluding tert-OH is 4. The summed E-state index contributed by atoms with van der Waals surface area (Å²) in [6.45, 7) is 15.5. The van der Waals surface area contributed by atoms with E-state index in [9.17, 15) is 30.0 Å². The first-order valence-corrected chi connectivity index (χ1v) is 14.8. The molecule has 0 radical (unpaired) electrons. The normalized spacial score (nSPS) is 46.2. The Morgan fingerprint density at radius 1 is 0.975 bits per heavy atom. The van der Waals surface area contributed by atoms with Crippen molar-refractivity contribution in [3.05, 3.63) is 0 Å². The highest BCUT2D eigenvalue weighted by molar-refractivity contribution is 5.83. The molecule has 0 aromatic rings. The highest BCUT2D eigenvalue weighted by Gasteiger charge is 2.47. The Kier molecular flexibility index (Phi) is 12.6. The number of esters is 1. The van der Waals surface area contributed by atoms with E-state index in [4.69, 9.17) is 18.9 Å². The van der Waals surface area contributed by atoms with E-state index in [0.717, 1.165) is 0 Å². The van der Waals surface area contributed by atoms with Crippen LogP contribution in [0.25, 0.3) is 0 Å². The van der Waals surface area contributed by atoms with E-state index in [1.807, 2.05) is 6.92 Å². The van der Waals surface area contributed by atoms with Gasteiger partial charge in [0.2, 0.25) is 0 Å². The SMILES string of the molecule is COC1(C)C[C@H](O[C@H]2C[C@@H](O)[C@@H](C)C[C@@H](C)C(=O)[C@H](C)[C@@H](O)[C@@H](C)[C@@H]([C@@H](C)[C@H](C)O)OC(=O)[C@@H]2C)O[C@H](C)C1O. The van der Waals surface area contributed by atoms with Gasteiger partial charge in [-0.1, -0.05) is 34.6 Å². The van der Waals surface area contributed by atoms with Gasteiger partial charge in [0.05, 0.1) is 42.0 Å². The van der Waals surface area contributed by atoms with Crippen molar-refractivity contribution in [1.82, 2.24) is 0 Å². The fourth-order valence-corrected chi connectivity index (χ4v) is 6.10. The van der Waals surface area contributed by atoms with Crippen molar-refractivity contribution in [2.45, 2.75) is 136 Å². The number of carbonyl (C=O) groups is 2. The summed E-state index contributed by atoms with van der Waals surface area (Å²) in [4.78, 5) is 26.8. The number of methoxy groups -OCH3 is 1. The van der Waals surface area contributed by atoms with E-state index in [0.29, 0.717) is 6.42 Å². The molecular formula is C30H54O10. The third kappa shape index (κ3) is 8.02. The molecule has 2 rings (SSSR count). The molecule has 0 aromatic heterocycles. The number of hydrogen-bond acceptors (Lipinski definition) is 10. The molecule has 234 valence electrons. The number of cyclic esters (lactones) is 1. The lowest BCUT2D eigenvalue weighted by Crippen LogP contribution is -2.57. The van der Waals surface area contributed by atoms with Gasteiger partial charge >= 0.3 is 5.97 Å². The largest absolute Gasteiger partial charge is 0.461 e. The molecule has 2 fully saturated rings. The van der Waals surface area contributed by atoms with Crippen LogP contribution in [-0.4, -0.2) is 93.9 Å². The minimum atomic E-state index is -1.10. The van der Waals surface area contributed by atoms with E-state index in [1.165, 1.54) is 7.11 Å². The first-order chi connectivity index (χ1) is 18.4. The van der Waals surface area contributed by atoms with Crippen LogP contribution in [0, 0.1) is 35.5 Å². The van der Waals surface area contributed by atoms with Crippen molar-refractivity contribution in [1.29, 1.82) is 0 Å².